The van der Waals surface area contributed by atoms with E-state index in [-0.39, 0.29) is 5.78 Å². The highest BCUT2D eigenvalue weighted by Crippen LogP contribution is 2.01. The molecule has 0 radical (unpaired) electrons. The zero-order chi connectivity index (χ0) is 9.40. The maximum absolute atomic E-state index is 10.9. The van der Waals surface area contributed by atoms with Gasteiger partial charge >= 0.3 is 0 Å². The van der Waals surface area contributed by atoms with Crippen LogP contribution in [-0.2, 0) is 4.79 Å². The smallest absolute Gasteiger partial charge is 0.159 e. The zero-order valence-corrected chi connectivity index (χ0v) is 7.42. The van der Waals surface area contributed by atoms with E-state index in [2.05, 4.69) is 13.2 Å². The summed E-state index contributed by atoms with van der Waals surface area (Å²) in [4.78, 5) is 10.9. The highest BCUT2D eigenvalue weighted by Gasteiger charge is 1.94. The molecule has 0 N–H and O–H groups in total. The van der Waals surface area contributed by atoms with E-state index in [1.807, 2.05) is 25.2 Å². The first-order valence-corrected chi connectivity index (χ1v) is 3.81. The van der Waals surface area contributed by atoms with E-state index >= 15 is 0 Å². The molecule has 0 aromatic heterocycles. The van der Waals surface area contributed by atoms with E-state index in [0.717, 1.165) is 5.57 Å². The number of allylic oxidation sites excluding steroid dienone is 6. The van der Waals surface area contributed by atoms with E-state index in [0.29, 0.717) is 6.42 Å². The molecule has 0 rings (SSSR count). The Morgan fingerprint density at radius 3 is 2.50 bits per heavy atom. The van der Waals surface area contributed by atoms with Gasteiger partial charge in [0.1, 0.15) is 0 Å². The molecule has 12 heavy (non-hydrogen) atoms. The van der Waals surface area contributed by atoms with Crippen LogP contribution < -0.4 is 0 Å². The second-order valence-corrected chi connectivity index (χ2v) is 2.48. The minimum Gasteiger partial charge on any atom is -0.295 e. The highest BCUT2D eigenvalue weighted by molar-refractivity contribution is 5.90. The van der Waals surface area contributed by atoms with Crippen molar-refractivity contribution in [3.05, 3.63) is 49.1 Å². The van der Waals surface area contributed by atoms with E-state index in [4.69, 9.17) is 0 Å². The minimum atomic E-state index is 0.0516. The lowest BCUT2D eigenvalue weighted by Crippen LogP contribution is -1.91. The van der Waals surface area contributed by atoms with Crippen LogP contribution in [0, 0.1) is 0 Å². The highest BCUT2D eigenvalue weighted by atomic mass is 16.1. The summed E-state index contributed by atoms with van der Waals surface area (Å²) in [6, 6.07) is 0. The van der Waals surface area contributed by atoms with Gasteiger partial charge in [0, 0.05) is 6.42 Å². The molecule has 0 aromatic carbocycles. The molecule has 0 unspecified atom stereocenters. The fourth-order valence-corrected chi connectivity index (χ4v) is 0.704. The molecule has 0 aliphatic carbocycles. The summed E-state index contributed by atoms with van der Waals surface area (Å²) in [7, 11) is 0. The Labute approximate surface area is 73.8 Å². The van der Waals surface area contributed by atoms with Crippen molar-refractivity contribution in [3.63, 3.8) is 0 Å². The third-order valence-electron chi connectivity index (χ3n) is 1.31. The van der Waals surface area contributed by atoms with E-state index in [1.54, 1.807) is 6.08 Å². The van der Waals surface area contributed by atoms with Gasteiger partial charge in [0.25, 0.3) is 0 Å². The molecule has 1 heteroatoms. The van der Waals surface area contributed by atoms with Crippen LogP contribution in [0.25, 0.3) is 0 Å². The van der Waals surface area contributed by atoms with E-state index in [9.17, 15) is 4.79 Å². The van der Waals surface area contributed by atoms with Crippen LogP contribution in [0.15, 0.2) is 49.1 Å². The van der Waals surface area contributed by atoms with Crippen LogP contribution >= 0.6 is 0 Å². The Morgan fingerprint density at radius 2 is 2.00 bits per heavy atom. The molecular formula is C11H14O. The first-order chi connectivity index (χ1) is 5.70. The molecule has 0 amide bonds. The van der Waals surface area contributed by atoms with Crippen molar-refractivity contribution in [1.82, 2.24) is 0 Å². The third kappa shape index (κ3) is 5.42. The normalized spacial score (nSPS) is 11.6. The molecule has 0 aliphatic rings. The van der Waals surface area contributed by atoms with Gasteiger partial charge in [-0.3, -0.25) is 4.79 Å². The van der Waals surface area contributed by atoms with Crippen LogP contribution in [0.4, 0.5) is 0 Å². The Kier molecular flexibility index (Phi) is 5.62. The van der Waals surface area contributed by atoms with Crippen LogP contribution in [0.1, 0.15) is 13.3 Å². The summed E-state index contributed by atoms with van der Waals surface area (Å²) < 4.78 is 0. The van der Waals surface area contributed by atoms with Crippen molar-refractivity contribution in [2.45, 2.75) is 13.3 Å². The Balaban J connectivity index is 4.01. The van der Waals surface area contributed by atoms with Crippen LogP contribution in [0.2, 0.25) is 0 Å². The van der Waals surface area contributed by atoms with Gasteiger partial charge in [-0.15, -0.1) is 0 Å². The summed E-state index contributed by atoms with van der Waals surface area (Å²) in [5.41, 5.74) is 1.03. The largest absolute Gasteiger partial charge is 0.295 e. The summed E-state index contributed by atoms with van der Waals surface area (Å²) in [5.74, 6) is 0.0516. The lowest BCUT2D eigenvalue weighted by molar-refractivity contribution is -0.113. The third-order valence-corrected chi connectivity index (χ3v) is 1.31. The standard InChI is InChI=1S/C11H14O/c1-4-6-7-8-10(3)9-11(12)5-2/h4-8H,1-2,9H2,3H3/b7-6-,10-8+. The summed E-state index contributed by atoms with van der Waals surface area (Å²) >= 11 is 0. The molecular weight excluding hydrogens is 148 g/mol. The Hall–Kier alpha value is -1.37. The molecule has 0 atom stereocenters. The van der Waals surface area contributed by atoms with Gasteiger partial charge in [0.05, 0.1) is 0 Å². The maximum Gasteiger partial charge on any atom is 0.159 e. The number of rotatable bonds is 5. The molecule has 0 saturated heterocycles. The monoisotopic (exact) mass is 162 g/mol. The number of ketones is 1. The molecule has 0 bridgehead atoms. The maximum atomic E-state index is 10.9. The molecule has 0 fully saturated rings. The predicted octanol–water partition coefficient (Wildman–Crippen LogP) is 2.82. The number of carbonyl (C=O) groups is 1. The second-order valence-electron chi connectivity index (χ2n) is 2.48. The van der Waals surface area contributed by atoms with Crippen LogP contribution in [0.5, 0.6) is 0 Å². The zero-order valence-electron chi connectivity index (χ0n) is 7.42. The summed E-state index contributed by atoms with van der Waals surface area (Å²) in [6.45, 7) is 8.85. The van der Waals surface area contributed by atoms with Gasteiger partial charge < -0.3 is 0 Å². The van der Waals surface area contributed by atoms with Crippen LogP contribution in [0.3, 0.4) is 0 Å². The lowest BCUT2D eigenvalue weighted by atomic mass is 10.1. The number of hydrogen-bond acceptors (Lipinski definition) is 1. The molecule has 64 valence electrons. The van der Waals surface area contributed by atoms with Gasteiger partial charge in [-0.25, -0.2) is 0 Å². The van der Waals surface area contributed by atoms with Crippen LogP contribution in [-0.4, -0.2) is 5.78 Å². The lowest BCUT2D eigenvalue weighted by Gasteiger charge is -1.93. The van der Waals surface area contributed by atoms with Crippen molar-refractivity contribution in [1.29, 1.82) is 0 Å². The van der Waals surface area contributed by atoms with Crippen molar-refractivity contribution in [3.8, 4) is 0 Å². The Morgan fingerprint density at radius 1 is 1.33 bits per heavy atom. The number of hydrogen-bond donors (Lipinski definition) is 0. The fraction of sp³-hybridized carbons (Fsp3) is 0.182. The van der Waals surface area contributed by atoms with E-state index in [1.165, 1.54) is 6.08 Å². The Bertz CT molecular complexity index is 231. The first-order valence-electron chi connectivity index (χ1n) is 3.81. The summed E-state index contributed by atoms with van der Waals surface area (Å²) in [6.07, 6.45) is 9.06. The van der Waals surface area contributed by atoms with Gasteiger partial charge in [0.15, 0.2) is 5.78 Å². The van der Waals surface area contributed by atoms with Gasteiger partial charge in [-0.2, -0.15) is 0 Å². The molecule has 0 aromatic rings. The van der Waals surface area contributed by atoms with Gasteiger partial charge in [0.2, 0.25) is 0 Å². The van der Waals surface area contributed by atoms with Crippen molar-refractivity contribution >= 4 is 5.78 Å². The summed E-state index contributed by atoms with van der Waals surface area (Å²) in [5, 5.41) is 0. The van der Waals surface area contributed by atoms with E-state index < -0.39 is 0 Å². The van der Waals surface area contributed by atoms with Gasteiger partial charge in [-0.1, -0.05) is 43.0 Å². The minimum absolute atomic E-state index is 0.0516. The van der Waals surface area contributed by atoms with Crippen molar-refractivity contribution in [2.24, 2.45) is 0 Å². The SMILES string of the molecule is C=C/C=C\C=C(/C)CC(=O)C=C. The predicted molar refractivity (Wildman–Crippen MR) is 52.9 cm³/mol. The molecule has 0 aliphatic heterocycles. The quantitative estimate of drug-likeness (QED) is 0.448. The molecule has 1 nitrogen and oxygen atoms in total. The van der Waals surface area contributed by atoms with Crippen molar-refractivity contribution in [2.75, 3.05) is 0 Å². The average Bonchev–Trinajstić information content (AvgIpc) is 2.05. The van der Waals surface area contributed by atoms with Crippen molar-refractivity contribution < 1.29 is 4.79 Å². The first kappa shape index (κ1) is 10.6. The average molecular weight is 162 g/mol. The molecule has 0 saturated carbocycles. The van der Waals surface area contributed by atoms with Gasteiger partial charge in [-0.05, 0) is 13.0 Å². The molecule has 0 spiro atoms. The second kappa shape index (κ2) is 6.35. The number of carbonyl (C=O) groups excluding carboxylic acids is 1. The fourth-order valence-electron chi connectivity index (χ4n) is 0.704. The molecule has 0 heterocycles. The topological polar surface area (TPSA) is 17.1 Å².